The first-order valence-corrected chi connectivity index (χ1v) is 21.4. The maximum Gasteiger partial charge on any atom is 0.472 e. The molecule has 0 aliphatic heterocycles. The number of hydrogen-bond acceptors (Lipinski definition) is 8. The first-order valence-electron chi connectivity index (χ1n) is 19.9. The summed E-state index contributed by atoms with van der Waals surface area (Å²) < 4.78 is 26.7. The van der Waals surface area contributed by atoms with Crippen molar-refractivity contribution in [3.63, 3.8) is 0 Å². The molecule has 12 heteroatoms. The zero-order chi connectivity index (χ0) is 41.4. The van der Waals surface area contributed by atoms with E-state index >= 15 is 0 Å². The minimum atomic E-state index is -4.79. The highest BCUT2D eigenvalue weighted by molar-refractivity contribution is 7.47. The van der Waals surface area contributed by atoms with Crippen molar-refractivity contribution in [2.75, 3.05) is 19.8 Å². The Hall–Kier alpha value is -3.86. The normalized spacial score (nSPS) is 14.9. The van der Waals surface area contributed by atoms with Gasteiger partial charge in [-0.1, -0.05) is 123 Å². The van der Waals surface area contributed by atoms with Gasteiger partial charge in [-0.25, -0.2) is 9.36 Å². The molecule has 0 aromatic rings. The number of nitrogens with one attached hydrogen (secondary N) is 1. The van der Waals surface area contributed by atoms with Crippen LogP contribution in [0.1, 0.15) is 117 Å². The van der Waals surface area contributed by atoms with Gasteiger partial charge in [0.1, 0.15) is 12.7 Å². The third kappa shape index (κ3) is 37.1. The fourth-order valence-corrected chi connectivity index (χ4v) is 5.29. The Morgan fingerprint density at radius 3 is 1.43 bits per heavy atom. The quantitative estimate of drug-likeness (QED) is 0.0210. The Balaban J connectivity index is 4.11. The Labute approximate surface area is 336 Å². The molecule has 0 saturated carbocycles. The number of ether oxygens (including phenoxy) is 1. The van der Waals surface area contributed by atoms with Gasteiger partial charge in [-0.15, -0.1) is 0 Å². The van der Waals surface area contributed by atoms with Gasteiger partial charge >= 0.3 is 19.8 Å². The maximum absolute atomic E-state index is 12.3. The number of carbonyl (C=O) groups excluding carboxylic acids is 2. The monoisotopic (exact) mass is 801 g/mol. The molecule has 0 radical (unpaired) electrons. The van der Waals surface area contributed by atoms with Gasteiger partial charge in [-0.05, 0) is 89.9 Å². The number of hydrogen-bond donors (Lipinski definition) is 4. The van der Waals surface area contributed by atoms with Crippen LogP contribution in [0.2, 0.25) is 0 Å². The summed E-state index contributed by atoms with van der Waals surface area (Å²) in [5, 5.41) is 21.7. The number of aliphatic carboxylic acids is 1. The molecule has 0 spiro atoms. The van der Waals surface area contributed by atoms with Crippen LogP contribution in [0.25, 0.3) is 0 Å². The summed E-state index contributed by atoms with van der Waals surface area (Å²) in [5.41, 5.74) is 0. The second-order valence-electron chi connectivity index (χ2n) is 12.7. The molecule has 3 unspecified atom stereocenters. The van der Waals surface area contributed by atoms with E-state index in [0.717, 1.165) is 70.6 Å². The molecule has 0 aliphatic carbocycles. The molecule has 0 bridgehead atoms. The Morgan fingerprint density at radius 1 is 0.571 bits per heavy atom. The van der Waals surface area contributed by atoms with Gasteiger partial charge in [0, 0.05) is 12.8 Å². The van der Waals surface area contributed by atoms with Gasteiger partial charge in [0.05, 0.1) is 13.2 Å². The standard InChI is InChI=1S/C44H68NO10P/c1-3-5-7-9-11-13-15-17-19-20-22-23-25-27-29-31-33-35-42(47)45-41(44(49)50)39-55-56(51,52)54-38-40(46)37-53-43(48)36-34-32-30-28-26-24-21-18-16-14-12-10-8-6-4-2/h5-8,11-14,17-19,21-23,26-29,40-41,46H,3-4,9-10,15-16,20,24-25,30-39H2,1-2H3,(H,45,47)(H,49,50)(H,51,52)/b7-5-,8-6-,13-11-,14-12-,19-17-,21-18-,23-22-,28-26-,29-27-. The van der Waals surface area contributed by atoms with Crippen LogP contribution in [0.3, 0.4) is 0 Å². The highest BCUT2D eigenvalue weighted by atomic mass is 31.2. The van der Waals surface area contributed by atoms with E-state index < -0.39 is 57.6 Å². The van der Waals surface area contributed by atoms with Crippen molar-refractivity contribution in [1.82, 2.24) is 5.32 Å². The van der Waals surface area contributed by atoms with Crippen molar-refractivity contribution in [3.8, 4) is 0 Å². The number of carboxylic acids is 1. The van der Waals surface area contributed by atoms with Gasteiger partial charge in [0.15, 0.2) is 6.04 Å². The van der Waals surface area contributed by atoms with E-state index in [0.29, 0.717) is 19.3 Å². The molecule has 56 heavy (non-hydrogen) atoms. The predicted octanol–water partition coefficient (Wildman–Crippen LogP) is 9.88. The second-order valence-corrected chi connectivity index (χ2v) is 14.2. The number of aliphatic hydroxyl groups is 1. The number of carbonyl (C=O) groups is 3. The first kappa shape index (κ1) is 52.1. The van der Waals surface area contributed by atoms with Crippen molar-refractivity contribution in [2.45, 2.75) is 129 Å². The van der Waals surface area contributed by atoms with Gasteiger partial charge in [-0.2, -0.15) is 0 Å². The maximum atomic E-state index is 12.3. The van der Waals surface area contributed by atoms with Gasteiger partial charge < -0.3 is 25.2 Å². The molecular weight excluding hydrogens is 733 g/mol. The molecule has 314 valence electrons. The van der Waals surface area contributed by atoms with E-state index in [-0.39, 0.29) is 12.8 Å². The fraction of sp³-hybridized carbons (Fsp3) is 0.523. The lowest BCUT2D eigenvalue weighted by molar-refractivity contribution is -0.147. The molecule has 0 aliphatic rings. The van der Waals surface area contributed by atoms with Crippen LogP contribution in [-0.4, -0.2) is 64.9 Å². The number of amides is 1. The molecular formula is C44H68NO10P. The van der Waals surface area contributed by atoms with Gasteiger partial charge in [-0.3, -0.25) is 18.6 Å². The van der Waals surface area contributed by atoms with Crippen molar-refractivity contribution in [1.29, 1.82) is 0 Å². The molecule has 4 N–H and O–H groups in total. The van der Waals surface area contributed by atoms with E-state index in [1.54, 1.807) is 0 Å². The number of phosphoric acid groups is 1. The molecule has 0 aromatic heterocycles. The summed E-state index contributed by atoms with van der Waals surface area (Å²) in [4.78, 5) is 45.8. The predicted molar refractivity (Wildman–Crippen MR) is 226 cm³/mol. The summed E-state index contributed by atoms with van der Waals surface area (Å²) in [6.07, 6.45) is 48.4. The first-order chi connectivity index (χ1) is 27.1. The molecule has 0 rings (SSSR count). The van der Waals surface area contributed by atoms with Crippen molar-refractivity contribution >= 4 is 25.7 Å². The molecule has 3 atom stereocenters. The summed E-state index contributed by atoms with van der Waals surface area (Å²) in [5.74, 6) is -2.52. The summed E-state index contributed by atoms with van der Waals surface area (Å²) >= 11 is 0. The van der Waals surface area contributed by atoms with Crippen LogP contribution in [-0.2, 0) is 32.7 Å². The zero-order valence-corrected chi connectivity index (χ0v) is 34.5. The molecule has 0 heterocycles. The number of phosphoric ester groups is 1. The lowest BCUT2D eigenvalue weighted by Gasteiger charge is -2.18. The zero-order valence-electron chi connectivity index (χ0n) is 33.6. The average Bonchev–Trinajstić information content (AvgIpc) is 3.17. The van der Waals surface area contributed by atoms with E-state index in [4.69, 9.17) is 13.8 Å². The van der Waals surface area contributed by atoms with E-state index in [9.17, 15) is 34.1 Å². The molecule has 0 saturated heterocycles. The van der Waals surface area contributed by atoms with E-state index in [1.165, 1.54) is 0 Å². The van der Waals surface area contributed by atoms with E-state index in [2.05, 4.69) is 116 Å². The smallest absolute Gasteiger partial charge is 0.472 e. The average molecular weight is 802 g/mol. The third-order valence-corrected chi connectivity index (χ3v) is 8.51. The Bertz CT molecular complexity index is 1360. The summed E-state index contributed by atoms with van der Waals surface area (Å²) in [7, 11) is -4.79. The number of aliphatic hydroxyl groups excluding tert-OH is 1. The Kier molecular flexibility index (Phi) is 35.4. The van der Waals surface area contributed by atoms with Crippen LogP contribution in [0, 0.1) is 0 Å². The van der Waals surface area contributed by atoms with Crippen molar-refractivity contribution < 1.29 is 47.8 Å². The molecule has 1 amide bonds. The number of unbranched alkanes of at least 4 members (excludes halogenated alkanes) is 3. The van der Waals surface area contributed by atoms with Crippen LogP contribution in [0.4, 0.5) is 0 Å². The lowest BCUT2D eigenvalue weighted by Crippen LogP contribution is -2.43. The molecule has 0 aromatic carbocycles. The SMILES string of the molecule is CC/C=C\C/C=C\C/C=C\C/C=C\C/C=C\CCCC(=O)NC(COP(=O)(O)OCC(O)COC(=O)CCCC/C=C\C/C=C\C/C=C\C/C=C\CC)C(=O)O. The fourth-order valence-electron chi connectivity index (χ4n) is 4.51. The van der Waals surface area contributed by atoms with Crippen molar-refractivity contribution in [3.05, 3.63) is 109 Å². The highest BCUT2D eigenvalue weighted by Gasteiger charge is 2.28. The number of allylic oxidation sites excluding steroid dienone is 18. The second kappa shape index (κ2) is 38.0. The number of esters is 1. The minimum Gasteiger partial charge on any atom is -0.480 e. The topological polar surface area (TPSA) is 169 Å². The van der Waals surface area contributed by atoms with Crippen LogP contribution >= 0.6 is 7.82 Å². The van der Waals surface area contributed by atoms with E-state index in [1.807, 2.05) is 12.2 Å². The highest BCUT2D eigenvalue weighted by Crippen LogP contribution is 2.43. The largest absolute Gasteiger partial charge is 0.480 e. The lowest BCUT2D eigenvalue weighted by atomic mass is 10.2. The van der Waals surface area contributed by atoms with Gasteiger partial charge in [0.2, 0.25) is 5.91 Å². The van der Waals surface area contributed by atoms with Crippen LogP contribution in [0.5, 0.6) is 0 Å². The van der Waals surface area contributed by atoms with Gasteiger partial charge in [0.25, 0.3) is 0 Å². The summed E-state index contributed by atoms with van der Waals surface area (Å²) in [6, 6.07) is -1.59. The van der Waals surface area contributed by atoms with Crippen LogP contribution in [0.15, 0.2) is 109 Å². The molecule has 0 fully saturated rings. The Morgan fingerprint density at radius 2 is 0.982 bits per heavy atom. The molecule has 11 nitrogen and oxygen atoms in total. The van der Waals surface area contributed by atoms with Crippen LogP contribution < -0.4 is 5.32 Å². The number of carboxylic acid groups (broad SMARTS) is 1. The minimum absolute atomic E-state index is 0.0571. The summed E-state index contributed by atoms with van der Waals surface area (Å²) in [6.45, 7) is 2.24. The van der Waals surface area contributed by atoms with Crippen molar-refractivity contribution in [2.24, 2.45) is 0 Å². The third-order valence-electron chi connectivity index (χ3n) is 7.56. The number of rotatable bonds is 35.